The molecule has 5 heteroatoms. The maximum absolute atomic E-state index is 11.9. The van der Waals surface area contributed by atoms with Crippen molar-refractivity contribution in [2.24, 2.45) is 5.41 Å². The lowest BCUT2D eigenvalue weighted by atomic mass is 9.98. The maximum atomic E-state index is 11.9. The molecule has 21 heavy (non-hydrogen) atoms. The minimum atomic E-state index is -0.471. The van der Waals surface area contributed by atoms with Crippen LogP contribution in [0.1, 0.15) is 26.3 Å². The van der Waals surface area contributed by atoms with Gasteiger partial charge in [-0.3, -0.25) is 0 Å². The lowest BCUT2D eigenvalue weighted by Gasteiger charge is -2.36. The molecule has 0 aliphatic carbocycles. The molecular formula is C16H25N3O2. The molecule has 0 aromatic heterocycles. The fourth-order valence-corrected chi connectivity index (χ4v) is 2.24. The van der Waals surface area contributed by atoms with E-state index in [4.69, 9.17) is 10.6 Å². The van der Waals surface area contributed by atoms with E-state index in [1.165, 1.54) is 5.56 Å². The number of aryl methyl sites for hydroxylation is 1. The number of benzene rings is 1. The van der Waals surface area contributed by atoms with E-state index in [1.807, 2.05) is 39.0 Å². The number of hydrogen-bond acceptors (Lipinski definition) is 5. The highest BCUT2D eigenvalue weighted by molar-refractivity contribution is 5.75. The zero-order valence-electron chi connectivity index (χ0n) is 13.3. The Morgan fingerprint density at radius 3 is 2.38 bits per heavy atom. The summed E-state index contributed by atoms with van der Waals surface area (Å²) in [6.45, 7) is 10.7. The monoisotopic (exact) mass is 291 g/mol. The van der Waals surface area contributed by atoms with Crippen LogP contribution in [0, 0.1) is 12.3 Å². The Kier molecular flexibility index (Phi) is 4.42. The second kappa shape index (κ2) is 5.93. The first-order chi connectivity index (χ1) is 9.77. The van der Waals surface area contributed by atoms with Crippen LogP contribution >= 0.6 is 0 Å². The summed E-state index contributed by atoms with van der Waals surface area (Å²) < 4.78 is 0. The molecule has 0 saturated carbocycles. The summed E-state index contributed by atoms with van der Waals surface area (Å²) in [7, 11) is 0. The van der Waals surface area contributed by atoms with Crippen molar-refractivity contribution in [3.63, 3.8) is 0 Å². The smallest absolute Gasteiger partial charge is 0.330 e. The molecule has 0 unspecified atom stereocenters. The summed E-state index contributed by atoms with van der Waals surface area (Å²) >= 11 is 0. The van der Waals surface area contributed by atoms with Crippen molar-refractivity contribution in [3.05, 3.63) is 23.8 Å². The Labute approximate surface area is 126 Å². The van der Waals surface area contributed by atoms with Gasteiger partial charge in [0, 0.05) is 24.5 Å². The third-order valence-corrected chi connectivity index (χ3v) is 3.64. The normalized spacial score (nSPS) is 16.9. The number of nitrogens with zero attached hydrogens (tertiary/aromatic N) is 2. The van der Waals surface area contributed by atoms with Crippen LogP contribution in [0.25, 0.3) is 0 Å². The fourth-order valence-electron chi connectivity index (χ4n) is 2.24. The van der Waals surface area contributed by atoms with E-state index in [2.05, 4.69) is 11.8 Å². The number of anilines is 2. The molecule has 0 bridgehead atoms. The molecule has 1 saturated heterocycles. The van der Waals surface area contributed by atoms with Gasteiger partial charge in [-0.25, -0.2) is 4.79 Å². The van der Waals surface area contributed by atoms with Crippen molar-refractivity contribution in [2.45, 2.75) is 27.7 Å². The molecule has 0 atom stereocenters. The van der Waals surface area contributed by atoms with Crippen LogP contribution in [-0.4, -0.2) is 37.2 Å². The van der Waals surface area contributed by atoms with Crippen LogP contribution in [0.2, 0.25) is 0 Å². The second-order valence-electron chi connectivity index (χ2n) is 6.59. The molecule has 1 aromatic carbocycles. The highest BCUT2D eigenvalue weighted by atomic mass is 16.7. The molecule has 2 rings (SSSR count). The molecule has 0 spiro atoms. The number of carbonyl (C=O) groups excluding carboxylic acids is 1. The molecule has 0 radical (unpaired) electrons. The third kappa shape index (κ3) is 3.88. The van der Waals surface area contributed by atoms with Gasteiger partial charge >= 0.3 is 5.97 Å². The number of hydrogen-bond donors (Lipinski definition) is 1. The second-order valence-corrected chi connectivity index (χ2v) is 6.59. The average Bonchev–Trinajstić information content (AvgIpc) is 2.41. The quantitative estimate of drug-likeness (QED) is 0.847. The van der Waals surface area contributed by atoms with E-state index in [1.54, 1.807) is 5.06 Å². The summed E-state index contributed by atoms with van der Waals surface area (Å²) in [5.41, 5.74) is 8.55. The molecule has 2 N–H and O–H groups in total. The first-order valence-electron chi connectivity index (χ1n) is 7.36. The van der Waals surface area contributed by atoms with Gasteiger partial charge in [0.25, 0.3) is 0 Å². The van der Waals surface area contributed by atoms with Gasteiger partial charge in [0.1, 0.15) is 0 Å². The van der Waals surface area contributed by atoms with Crippen molar-refractivity contribution in [2.75, 3.05) is 36.8 Å². The van der Waals surface area contributed by atoms with Crippen LogP contribution in [0.3, 0.4) is 0 Å². The van der Waals surface area contributed by atoms with Gasteiger partial charge in [0.2, 0.25) is 0 Å². The van der Waals surface area contributed by atoms with Gasteiger partial charge in [-0.15, -0.1) is 5.06 Å². The van der Waals surface area contributed by atoms with E-state index in [-0.39, 0.29) is 5.97 Å². The summed E-state index contributed by atoms with van der Waals surface area (Å²) in [5, 5.41) is 1.76. The Bertz CT molecular complexity index is 515. The lowest BCUT2D eigenvalue weighted by Crippen LogP contribution is -2.48. The number of piperazine rings is 1. The topological polar surface area (TPSA) is 58.8 Å². The van der Waals surface area contributed by atoms with Crippen molar-refractivity contribution >= 4 is 17.3 Å². The summed E-state index contributed by atoms with van der Waals surface area (Å²) in [5.74, 6) is -0.184. The third-order valence-electron chi connectivity index (χ3n) is 3.64. The predicted molar refractivity (Wildman–Crippen MR) is 84.9 cm³/mol. The van der Waals surface area contributed by atoms with E-state index in [0.29, 0.717) is 13.1 Å². The van der Waals surface area contributed by atoms with Gasteiger partial charge in [0.05, 0.1) is 18.5 Å². The van der Waals surface area contributed by atoms with Crippen molar-refractivity contribution in [1.82, 2.24) is 5.06 Å². The molecule has 1 aromatic rings. The van der Waals surface area contributed by atoms with E-state index in [0.717, 1.165) is 24.5 Å². The number of carbonyl (C=O) groups is 1. The average molecular weight is 291 g/mol. The van der Waals surface area contributed by atoms with Crippen molar-refractivity contribution < 1.29 is 9.63 Å². The van der Waals surface area contributed by atoms with Crippen LogP contribution in [0.15, 0.2) is 18.2 Å². The van der Waals surface area contributed by atoms with Crippen molar-refractivity contribution in [1.29, 1.82) is 0 Å². The maximum Gasteiger partial charge on any atom is 0.330 e. The minimum absolute atomic E-state index is 0.184. The summed E-state index contributed by atoms with van der Waals surface area (Å²) in [6, 6.07) is 5.96. The molecule has 116 valence electrons. The number of rotatable bonds is 2. The highest BCUT2D eigenvalue weighted by Gasteiger charge is 2.28. The number of hydroxylamine groups is 2. The van der Waals surface area contributed by atoms with Gasteiger partial charge < -0.3 is 15.5 Å². The minimum Gasteiger partial charge on any atom is -0.399 e. The molecule has 5 nitrogen and oxygen atoms in total. The van der Waals surface area contributed by atoms with Crippen LogP contribution in [0.4, 0.5) is 11.4 Å². The van der Waals surface area contributed by atoms with Crippen molar-refractivity contribution in [3.8, 4) is 0 Å². The van der Waals surface area contributed by atoms with E-state index < -0.39 is 5.41 Å². The lowest BCUT2D eigenvalue weighted by molar-refractivity contribution is -0.201. The Morgan fingerprint density at radius 2 is 1.81 bits per heavy atom. The largest absolute Gasteiger partial charge is 0.399 e. The van der Waals surface area contributed by atoms with Crippen LogP contribution < -0.4 is 10.6 Å². The first-order valence-corrected chi connectivity index (χ1v) is 7.36. The fraction of sp³-hybridized carbons (Fsp3) is 0.562. The first kappa shape index (κ1) is 15.6. The van der Waals surface area contributed by atoms with Gasteiger partial charge in [-0.1, -0.05) is 6.07 Å². The standard InChI is InChI=1S/C16H25N3O2/c1-12-5-6-13(17)11-14(12)18-7-9-19(10-8-18)21-15(20)16(2,3)4/h5-6,11H,7-10,17H2,1-4H3. The number of nitrogens with two attached hydrogens (primary N) is 1. The molecule has 1 aliphatic heterocycles. The van der Waals surface area contributed by atoms with Gasteiger partial charge in [0.15, 0.2) is 0 Å². The molecule has 1 aliphatic rings. The molecule has 1 heterocycles. The Morgan fingerprint density at radius 1 is 1.19 bits per heavy atom. The zero-order valence-corrected chi connectivity index (χ0v) is 13.3. The van der Waals surface area contributed by atoms with Gasteiger partial charge in [-0.2, -0.15) is 0 Å². The number of nitrogen functional groups attached to an aromatic ring is 1. The van der Waals surface area contributed by atoms with E-state index >= 15 is 0 Å². The summed E-state index contributed by atoms with van der Waals surface area (Å²) in [4.78, 5) is 19.6. The molecule has 0 amide bonds. The SMILES string of the molecule is Cc1ccc(N)cc1N1CCN(OC(=O)C(C)(C)C)CC1. The van der Waals surface area contributed by atoms with Crippen LogP contribution in [-0.2, 0) is 9.63 Å². The predicted octanol–water partition coefficient (Wildman–Crippen LogP) is 2.20. The highest BCUT2D eigenvalue weighted by Crippen LogP contribution is 2.24. The summed E-state index contributed by atoms with van der Waals surface area (Å²) in [6.07, 6.45) is 0. The molecule has 1 fully saturated rings. The Balaban J connectivity index is 1.94. The van der Waals surface area contributed by atoms with Gasteiger partial charge in [-0.05, 0) is 45.4 Å². The Hall–Kier alpha value is -1.75. The van der Waals surface area contributed by atoms with Crippen LogP contribution in [0.5, 0.6) is 0 Å². The molecular weight excluding hydrogens is 266 g/mol. The van der Waals surface area contributed by atoms with E-state index in [9.17, 15) is 4.79 Å². The zero-order chi connectivity index (χ0) is 15.6.